The Hall–Kier alpha value is -3.37. The van der Waals surface area contributed by atoms with Gasteiger partial charge in [-0.25, -0.2) is 17.9 Å². The molecule has 2 N–H and O–H groups in total. The lowest BCUT2D eigenvalue weighted by atomic mass is 10.0. The monoisotopic (exact) mass is 573 g/mol. The summed E-state index contributed by atoms with van der Waals surface area (Å²) in [5.41, 5.74) is 1.92. The molecule has 190 valence electrons. The Morgan fingerprint density at radius 1 is 1.03 bits per heavy atom. The Morgan fingerprint density at radius 2 is 1.69 bits per heavy atom. The number of nitrogens with one attached hydrogen (secondary N) is 2. The first-order chi connectivity index (χ1) is 17.1. The quantitative estimate of drug-likeness (QED) is 0.394. The Kier molecular flexibility index (Phi) is 9.11. The van der Waals surface area contributed by atoms with Gasteiger partial charge in [0.25, 0.3) is 10.0 Å². The number of nitrogens with zero attached hydrogens (tertiary/aromatic N) is 1. The molecule has 1 unspecified atom stereocenters. The molecule has 3 rings (SSSR count). The number of aryl methyl sites for hydroxylation is 1. The number of carbonyl (C=O) groups is 2. The van der Waals surface area contributed by atoms with Crippen LogP contribution >= 0.6 is 15.9 Å². The van der Waals surface area contributed by atoms with Gasteiger partial charge in [-0.3, -0.25) is 4.79 Å². The van der Waals surface area contributed by atoms with Gasteiger partial charge in [0.05, 0.1) is 12.0 Å². The first-order valence-electron chi connectivity index (χ1n) is 11.2. The van der Waals surface area contributed by atoms with Crippen LogP contribution in [-0.4, -0.2) is 40.1 Å². The third kappa shape index (κ3) is 6.86. The molecular weight excluding hydrogens is 546 g/mol. The molecule has 0 fully saturated rings. The highest BCUT2D eigenvalue weighted by Gasteiger charge is 2.29. The molecule has 10 heteroatoms. The standard InChI is InChI=1S/C26H28BrN3O5S/c1-4-30(21-12-14-22(35-3)15-13-21)25(31)23(16-19-8-6-5-7-9-19)28-26(32)29-36(33,34)24-17-20(27)11-10-18(24)2/h5-15,17,23H,4,16H2,1-3H3,(H2,28,29,32). The zero-order valence-electron chi connectivity index (χ0n) is 20.2. The summed E-state index contributed by atoms with van der Waals surface area (Å²) in [5.74, 6) is 0.270. The van der Waals surface area contributed by atoms with Crippen LogP contribution in [0.3, 0.4) is 0 Å². The van der Waals surface area contributed by atoms with Crippen molar-refractivity contribution in [3.63, 3.8) is 0 Å². The summed E-state index contributed by atoms with van der Waals surface area (Å²) in [6.45, 7) is 3.80. The lowest BCUT2D eigenvalue weighted by Crippen LogP contribution is -2.53. The van der Waals surface area contributed by atoms with Crippen molar-refractivity contribution in [1.29, 1.82) is 0 Å². The number of ether oxygens (including phenoxy) is 1. The summed E-state index contributed by atoms with van der Waals surface area (Å²) in [4.78, 5) is 28.0. The smallest absolute Gasteiger partial charge is 0.329 e. The summed E-state index contributed by atoms with van der Waals surface area (Å²) in [6, 6.07) is 18.9. The van der Waals surface area contributed by atoms with Crippen molar-refractivity contribution in [2.24, 2.45) is 0 Å². The van der Waals surface area contributed by atoms with Crippen molar-refractivity contribution in [2.75, 3.05) is 18.6 Å². The van der Waals surface area contributed by atoms with Crippen molar-refractivity contribution < 1.29 is 22.7 Å². The fourth-order valence-electron chi connectivity index (χ4n) is 3.69. The van der Waals surface area contributed by atoms with Gasteiger partial charge in [0.1, 0.15) is 11.8 Å². The van der Waals surface area contributed by atoms with E-state index in [0.29, 0.717) is 28.0 Å². The minimum atomic E-state index is -4.17. The second-order valence-corrected chi connectivity index (χ2v) is 10.6. The highest BCUT2D eigenvalue weighted by molar-refractivity contribution is 9.10. The number of amides is 3. The summed E-state index contributed by atoms with van der Waals surface area (Å²) in [6.07, 6.45) is 0.176. The topological polar surface area (TPSA) is 105 Å². The van der Waals surface area contributed by atoms with E-state index in [9.17, 15) is 18.0 Å². The molecule has 3 amide bonds. The van der Waals surface area contributed by atoms with Gasteiger partial charge in [-0.1, -0.05) is 52.3 Å². The molecule has 0 aliphatic rings. The third-order valence-corrected chi connectivity index (χ3v) is 7.49. The fourth-order valence-corrected chi connectivity index (χ4v) is 5.39. The van der Waals surface area contributed by atoms with Gasteiger partial charge < -0.3 is 15.0 Å². The van der Waals surface area contributed by atoms with E-state index in [1.807, 2.05) is 42.0 Å². The zero-order valence-corrected chi connectivity index (χ0v) is 22.6. The zero-order chi connectivity index (χ0) is 26.3. The van der Waals surface area contributed by atoms with Crippen LogP contribution in [-0.2, 0) is 21.2 Å². The van der Waals surface area contributed by atoms with Gasteiger partial charge in [-0.15, -0.1) is 0 Å². The number of halogens is 1. The molecule has 3 aromatic carbocycles. The second-order valence-electron chi connectivity index (χ2n) is 8.01. The molecule has 0 aromatic heterocycles. The number of hydrogen-bond donors (Lipinski definition) is 2. The van der Waals surface area contributed by atoms with Crippen molar-refractivity contribution in [3.05, 3.63) is 88.4 Å². The molecule has 36 heavy (non-hydrogen) atoms. The number of carbonyl (C=O) groups excluding carboxylic acids is 2. The summed E-state index contributed by atoms with van der Waals surface area (Å²) < 4.78 is 33.6. The highest BCUT2D eigenvalue weighted by Crippen LogP contribution is 2.22. The van der Waals surface area contributed by atoms with E-state index in [0.717, 1.165) is 5.56 Å². The number of likely N-dealkylation sites (N-methyl/N-ethyl adjacent to an activating group) is 1. The average Bonchev–Trinajstić information content (AvgIpc) is 2.86. The molecule has 8 nitrogen and oxygen atoms in total. The van der Waals surface area contributed by atoms with Crippen molar-refractivity contribution in [1.82, 2.24) is 10.0 Å². The second kappa shape index (κ2) is 12.0. The van der Waals surface area contributed by atoms with Crippen LogP contribution in [0.1, 0.15) is 18.1 Å². The van der Waals surface area contributed by atoms with E-state index in [1.54, 1.807) is 50.4 Å². The molecule has 1 atom stereocenters. The first-order valence-corrected chi connectivity index (χ1v) is 13.5. The molecule has 0 heterocycles. The minimum Gasteiger partial charge on any atom is -0.497 e. The number of hydrogen-bond acceptors (Lipinski definition) is 5. The predicted molar refractivity (Wildman–Crippen MR) is 143 cm³/mol. The lowest BCUT2D eigenvalue weighted by Gasteiger charge is -2.27. The molecule has 0 spiro atoms. The molecular formula is C26H28BrN3O5S. The average molecular weight is 574 g/mol. The number of sulfonamides is 1. The normalized spacial score (nSPS) is 11.9. The first kappa shape index (κ1) is 27.2. The molecule has 0 aliphatic carbocycles. The highest BCUT2D eigenvalue weighted by atomic mass is 79.9. The van der Waals surface area contributed by atoms with E-state index in [2.05, 4.69) is 21.2 Å². The van der Waals surface area contributed by atoms with E-state index in [1.165, 1.54) is 11.0 Å². The summed E-state index contributed by atoms with van der Waals surface area (Å²) in [7, 11) is -2.62. The van der Waals surface area contributed by atoms with E-state index in [-0.39, 0.29) is 17.2 Å². The molecule has 3 aromatic rings. The Labute approximate surface area is 219 Å². The van der Waals surface area contributed by atoms with E-state index < -0.39 is 22.1 Å². The van der Waals surface area contributed by atoms with Crippen molar-refractivity contribution in [2.45, 2.75) is 31.2 Å². The number of anilines is 1. The molecule has 0 radical (unpaired) electrons. The fraction of sp³-hybridized carbons (Fsp3) is 0.231. The number of benzene rings is 3. The van der Waals surface area contributed by atoms with Crippen LogP contribution in [0.15, 0.2) is 82.2 Å². The van der Waals surface area contributed by atoms with Gasteiger partial charge in [0.2, 0.25) is 5.91 Å². The van der Waals surface area contributed by atoms with Crippen molar-refractivity contribution in [3.8, 4) is 5.75 Å². The molecule has 0 saturated carbocycles. The Bertz CT molecular complexity index is 1320. The summed E-state index contributed by atoms with van der Waals surface area (Å²) >= 11 is 3.26. The Balaban J connectivity index is 1.86. The largest absolute Gasteiger partial charge is 0.497 e. The predicted octanol–water partition coefficient (Wildman–Crippen LogP) is 4.42. The maximum absolute atomic E-state index is 13.6. The van der Waals surface area contributed by atoms with Gasteiger partial charge in [0, 0.05) is 23.1 Å². The van der Waals surface area contributed by atoms with E-state index in [4.69, 9.17) is 4.74 Å². The van der Waals surface area contributed by atoms with Gasteiger partial charge in [-0.05, 0) is 61.4 Å². The van der Waals surface area contributed by atoms with Gasteiger partial charge >= 0.3 is 6.03 Å². The molecule has 0 saturated heterocycles. The van der Waals surface area contributed by atoms with Crippen LogP contribution in [0.5, 0.6) is 5.75 Å². The number of urea groups is 1. The van der Waals surface area contributed by atoms with Crippen LogP contribution in [0.25, 0.3) is 0 Å². The molecule has 0 aliphatic heterocycles. The molecule has 0 bridgehead atoms. The van der Waals surface area contributed by atoms with E-state index >= 15 is 0 Å². The van der Waals surface area contributed by atoms with Crippen LogP contribution in [0, 0.1) is 6.92 Å². The van der Waals surface area contributed by atoms with Gasteiger partial charge in [0.15, 0.2) is 0 Å². The number of methoxy groups -OCH3 is 1. The minimum absolute atomic E-state index is 0.0358. The van der Waals surface area contributed by atoms with Crippen molar-refractivity contribution >= 4 is 43.6 Å². The van der Waals surface area contributed by atoms with Crippen LogP contribution < -0.4 is 19.7 Å². The van der Waals surface area contributed by atoms with Gasteiger partial charge in [-0.2, -0.15) is 0 Å². The third-order valence-electron chi connectivity index (χ3n) is 5.52. The summed E-state index contributed by atoms with van der Waals surface area (Å²) in [5, 5.41) is 2.58. The number of rotatable bonds is 9. The maximum Gasteiger partial charge on any atom is 0.329 e. The SMILES string of the molecule is CCN(C(=O)C(Cc1ccccc1)NC(=O)NS(=O)(=O)c1cc(Br)ccc1C)c1ccc(OC)cc1. The lowest BCUT2D eigenvalue weighted by molar-refractivity contribution is -0.120. The maximum atomic E-state index is 13.6. The van der Waals surface area contributed by atoms with Crippen LogP contribution in [0.4, 0.5) is 10.5 Å². The Morgan fingerprint density at radius 3 is 2.31 bits per heavy atom. The van der Waals surface area contributed by atoms with Crippen LogP contribution in [0.2, 0.25) is 0 Å².